The molecule has 0 unspecified atom stereocenters. The van der Waals surface area contributed by atoms with Crippen LogP contribution in [0.4, 0.5) is 0 Å². The minimum absolute atomic E-state index is 0.298. The third-order valence-electron chi connectivity index (χ3n) is 10.9. The fourth-order valence-corrected chi connectivity index (χ4v) is 9.29. The van der Waals surface area contributed by atoms with Crippen molar-refractivity contribution in [3.05, 3.63) is 0 Å². The Hall–Kier alpha value is -0.570. The maximum atomic E-state index is 12.7. The van der Waals surface area contributed by atoms with Gasteiger partial charge in [-0.05, 0) is 118 Å². The molecule has 170 valence electrons. The minimum Gasteiger partial charge on any atom is -0.390 e. The molecule has 1 amide bonds. The van der Waals surface area contributed by atoms with Crippen LogP contribution in [0.1, 0.15) is 104 Å². The van der Waals surface area contributed by atoms with Gasteiger partial charge in [0, 0.05) is 12.5 Å². The Morgan fingerprint density at radius 1 is 0.867 bits per heavy atom. The van der Waals surface area contributed by atoms with Crippen LogP contribution in [-0.4, -0.2) is 23.2 Å². The predicted molar refractivity (Wildman–Crippen MR) is 121 cm³/mol. The van der Waals surface area contributed by atoms with Gasteiger partial charge in [-0.25, -0.2) is 0 Å². The van der Waals surface area contributed by atoms with Gasteiger partial charge in [-0.15, -0.1) is 0 Å². The fourth-order valence-electron chi connectivity index (χ4n) is 9.29. The molecular formula is C27H45NO2. The van der Waals surface area contributed by atoms with Crippen LogP contribution in [-0.2, 0) is 4.79 Å². The Morgan fingerprint density at radius 3 is 2.43 bits per heavy atom. The molecule has 5 rings (SSSR count). The van der Waals surface area contributed by atoms with E-state index in [4.69, 9.17) is 0 Å². The summed E-state index contributed by atoms with van der Waals surface area (Å²) >= 11 is 0. The van der Waals surface area contributed by atoms with E-state index in [9.17, 15) is 9.90 Å². The highest BCUT2D eigenvalue weighted by Crippen LogP contribution is 2.63. The van der Waals surface area contributed by atoms with Gasteiger partial charge in [-0.2, -0.15) is 0 Å². The highest BCUT2D eigenvalue weighted by atomic mass is 16.3. The maximum Gasteiger partial charge on any atom is 0.223 e. The molecule has 0 heterocycles. The lowest BCUT2D eigenvalue weighted by molar-refractivity contribution is -0.131. The van der Waals surface area contributed by atoms with E-state index in [1.807, 2.05) is 0 Å². The largest absolute Gasteiger partial charge is 0.390 e. The summed E-state index contributed by atoms with van der Waals surface area (Å²) in [6, 6.07) is 0. The van der Waals surface area contributed by atoms with Crippen molar-refractivity contribution < 1.29 is 9.90 Å². The summed E-state index contributed by atoms with van der Waals surface area (Å²) in [7, 11) is 0. The number of hydrogen-bond acceptors (Lipinski definition) is 2. The quantitative estimate of drug-likeness (QED) is 0.621. The molecule has 5 saturated carbocycles. The van der Waals surface area contributed by atoms with E-state index in [0.29, 0.717) is 23.2 Å². The van der Waals surface area contributed by atoms with Crippen molar-refractivity contribution in [3.63, 3.8) is 0 Å². The highest BCUT2D eigenvalue weighted by Gasteiger charge is 2.56. The standard InChI is InChI=1S/C27H45NO2/c1-26(30)14-12-21-19(16-26)10-11-23-22(21)13-15-27(2)20(8-5-9-24(23)27)17-28-25(29)18-6-3-4-7-18/h18-24,30H,3-17H2,1-2H3,(H,28,29)/t19-,20-,21+,22-,23-,24+,26-,27-/m1/s1. The molecule has 5 aliphatic carbocycles. The number of carbonyl (C=O) groups excluding carboxylic acids is 1. The van der Waals surface area contributed by atoms with Gasteiger partial charge in [-0.3, -0.25) is 4.79 Å². The van der Waals surface area contributed by atoms with E-state index in [1.165, 1.54) is 64.2 Å². The molecule has 0 aromatic carbocycles. The molecule has 0 aliphatic heterocycles. The first-order valence-corrected chi connectivity index (χ1v) is 13.4. The lowest BCUT2D eigenvalue weighted by atomic mass is 9.45. The zero-order chi connectivity index (χ0) is 20.9. The number of nitrogens with one attached hydrogen (secondary N) is 1. The molecule has 5 aliphatic rings. The van der Waals surface area contributed by atoms with Gasteiger partial charge in [0.1, 0.15) is 0 Å². The summed E-state index contributed by atoms with van der Waals surface area (Å²) < 4.78 is 0. The van der Waals surface area contributed by atoms with Crippen LogP contribution < -0.4 is 5.32 Å². The van der Waals surface area contributed by atoms with Crippen LogP contribution in [0.25, 0.3) is 0 Å². The van der Waals surface area contributed by atoms with E-state index in [0.717, 1.165) is 61.8 Å². The van der Waals surface area contributed by atoms with Crippen molar-refractivity contribution in [2.24, 2.45) is 46.8 Å². The zero-order valence-corrected chi connectivity index (χ0v) is 19.5. The van der Waals surface area contributed by atoms with Crippen LogP contribution in [0.3, 0.4) is 0 Å². The Kier molecular flexibility index (Phi) is 5.74. The average Bonchev–Trinajstić information content (AvgIpc) is 3.25. The van der Waals surface area contributed by atoms with Crippen molar-refractivity contribution in [2.45, 2.75) is 109 Å². The number of hydrogen-bond donors (Lipinski definition) is 2. The van der Waals surface area contributed by atoms with E-state index in [-0.39, 0.29) is 0 Å². The Labute approximate surface area is 184 Å². The lowest BCUT2D eigenvalue weighted by Gasteiger charge is -2.61. The zero-order valence-electron chi connectivity index (χ0n) is 19.5. The molecule has 0 radical (unpaired) electrons. The van der Waals surface area contributed by atoms with Crippen molar-refractivity contribution in [1.29, 1.82) is 0 Å². The van der Waals surface area contributed by atoms with Gasteiger partial charge in [0.25, 0.3) is 0 Å². The second-order valence-corrected chi connectivity index (χ2v) is 12.6. The molecule has 30 heavy (non-hydrogen) atoms. The third-order valence-corrected chi connectivity index (χ3v) is 10.9. The summed E-state index contributed by atoms with van der Waals surface area (Å²) in [6.45, 7) is 5.59. The van der Waals surface area contributed by atoms with Crippen LogP contribution in [0.2, 0.25) is 0 Å². The van der Waals surface area contributed by atoms with Gasteiger partial charge >= 0.3 is 0 Å². The van der Waals surface area contributed by atoms with E-state index < -0.39 is 5.60 Å². The molecule has 0 saturated heterocycles. The topological polar surface area (TPSA) is 49.3 Å². The minimum atomic E-state index is -0.412. The van der Waals surface area contributed by atoms with Crippen molar-refractivity contribution in [1.82, 2.24) is 5.32 Å². The number of aliphatic hydroxyl groups is 1. The lowest BCUT2D eigenvalue weighted by Crippen LogP contribution is -2.55. The Bertz CT molecular complexity index is 639. The number of amides is 1. The van der Waals surface area contributed by atoms with Crippen molar-refractivity contribution >= 4 is 5.91 Å². The Balaban J connectivity index is 1.26. The number of fused-ring (bicyclic) bond motifs is 5. The fraction of sp³-hybridized carbons (Fsp3) is 0.963. The first-order chi connectivity index (χ1) is 14.4. The summed E-state index contributed by atoms with van der Waals surface area (Å²) in [5, 5.41) is 14.0. The highest BCUT2D eigenvalue weighted by molar-refractivity contribution is 5.78. The SMILES string of the molecule is C[C@@]1(O)CC[C@H]2[C@H](CC[C@@H]3[C@@H]2CC[C@]2(C)[C@@H](CNC(=O)C4CCCC4)CCC[C@@H]32)C1. The number of carbonyl (C=O) groups is 1. The van der Waals surface area contributed by atoms with Crippen LogP contribution in [0.15, 0.2) is 0 Å². The smallest absolute Gasteiger partial charge is 0.223 e. The van der Waals surface area contributed by atoms with Gasteiger partial charge in [0.05, 0.1) is 5.60 Å². The molecular weight excluding hydrogens is 370 g/mol. The second kappa shape index (κ2) is 8.09. The maximum absolute atomic E-state index is 12.7. The van der Waals surface area contributed by atoms with E-state index in [1.54, 1.807) is 0 Å². The van der Waals surface area contributed by atoms with Gasteiger partial charge in [-0.1, -0.05) is 26.2 Å². The predicted octanol–water partition coefficient (Wildman–Crippen LogP) is 5.70. The average molecular weight is 416 g/mol. The molecule has 8 atom stereocenters. The van der Waals surface area contributed by atoms with Gasteiger partial charge < -0.3 is 10.4 Å². The monoisotopic (exact) mass is 415 g/mol. The molecule has 5 fully saturated rings. The summed E-state index contributed by atoms with van der Waals surface area (Å²) in [5.74, 6) is 5.63. The first kappa shape index (κ1) is 21.3. The molecule has 3 heteroatoms. The third kappa shape index (κ3) is 3.76. The first-order valence-electron chi connectivity index (χ1n) is 13.4. The molecule has 0 aromatic rings. The normalized spacial score (nSPS) is 49.0. The van der Waals surface area contributed by atoms with Crippen LogP contribution >= 0.6 is 0 Å². The molecule has 0 aromatic heterocycles. The molecule has 0 spiro atoms. The summed E-state index contributed by atoms with van der Waals surface area (Å²) in [4.78, 5) is 12.7. The molecule has 0 bridgehead atoms. The molecule has 2 N–H and O–H groups in total. The molecule has 3 nitrogen and oxygen atoms in total. The van der Waals surface area contributed by atoms with E-state index in [2.05, 4.69) is 19.2 Å². The number of rotatable bonds is 3. The summed E-state index contributed by atoms with van der Waals surface area (Å²) in [5.41, 5.74) is 0.0139. The van der Waals surface area contributed by atoms with Gasteiger partial charge in [0.2, 0.25) is 5.91 Å². The second-order valence-electron chi connectivity index (χ2n) is 12.6. The summed E-state index contributed by atoms with van der Waals surface area (Å²) in [6.07, 6.45) is 17.6. The Morgan fingerprint density at radius 2 is 1.63 bits per heavy atom. The van der Waals surface area contributed by atoms with Crippen molar-refractivity contribution in [3.8, 4) is 0 Å². The van der Waals surface area contributed by atoms with E-state index >= 15 is 0 Å². The van der Waals surface area contributed by atoms with Crippen LogP contribution in [0, 0.1) is 46.8 Å². The van der Waals surface area contributed by atoms with Gasteiger partial charge in [0.15, 0.2) is 0 Å². The van der Waals surface area contributed by atoms with Crippen LogP contribution in [0.5, 0.6) is 0 Å². The van der Waals surface area contributed by atoms with Crippen molar-refractivity contribution in [2.75, 3.05) is 6.54 Å².